The molecule has 0 saturated heterocycles. The second kappa shape index (κ2) is 7.01. The Bertz CT molecular complexity index is 767. The van der Waals surface area contributed by atoms with Crippen molar-refractivity contribution in [2.24, 2.45) is 0 Å². The largest absolute Gasteiger partial charge is 0.366 e. The molecule has 1 N–H and O–H groups in total. The first-order chi connectivity index (χ1) is 11.2. The van der Waals surface area contributed by atoms with Gasteiger partial charge in [-0.25, -0.2) is 9.97 Å². The van der Waals surface area contributed by atoms with Crippen LogP contribution in [-0.2, 0) is 13.0 Å². The number of pyridine rings is 1. The average Bonchev–Trinajstić information content (AvgIpc) is 2.60. The standard InChI is InChI=1S/C19H20N4/c1-3-18-11-19(23-14(2)22-18)21-12-15-6-8-16(9-7-15)17-5-4-10-20-13-17/h4-11,13H,3,12H2,1-2H3,(H,21,22,23). The van der Waals surface area contributed by atoms with Gasteiger partial charge in [0.1, 0.15) is 11.6 Å². The maximum absolute atomic E-state index is 4.43. The highest BCUT2D eigenvalue weighted by molar-refractivity contribution is 5.62. The number of rotatable bonds is 5. The van der Waals surface area contributed by atoms with Crippen LogP contribution in [0.4, 0.5) is 5.82 Å². The first-order valence-electron chi connectivity index (χ1n) is 7.82. The highest BCUT2D eigenvalue weighted by atomic mass is 15.0. The van der Waals surface area contributed by atoms with E-state index in [0.717, 1.165) is 35.9 Å². The third kappa shape index (κ3) is 3.92. The Morgan fingerprint density at radius 3 is 2.52 bits per heavy atom. The summed E-state index contributed by atoms with van der Waals surface area (Å²) in [6.07, 6.45) is 4.58. The van der Waals surface area contributed by atoms with Gasteiger partial charge in [-0.3, -0.25) is 4.98 Å². The van der Waals surface area contributed by atoms with Gasteiger partial charge in [0.15, 0.2) is 0 Å². The summed E-state index contributed by atoms with van der Waals surface area (Å²) in [5.74, 6) is 1.68. The van der Waals surface area contributed by atoms with Crippen LogP contribution in [-0.4, -0.2) is 15.0 Å². The molecule has 3 aromatic rings. The van der Waals surface area contributed by atoms with Crippen molar-refractivity contribution in [1.29, 1.82) is 0 Å². The minimum atomic E-state index is 0.743. The fourth-order valence-corrected chi connectivity index (χ4v) is 2.44. The lowest BCUT2D eigenvalue weighted by atomic mass is 10.1. The Hall–Kier alpha value is -2.75. The quantitative estimate of drug-likeness (QED) is 0.773. The molecule has 0 fully saturated rings. The van der Waals surface area contributed by atoms with Crippen LogP contribution in [0.15, 0.2) is 54.9 Å². The Morgan fingerprint density at radius 1 is 1.00 bits per heavy atom. The van der Waals surface area contributed by atoms with Crippen LogP contribution in [0.25, 0.3) is 11.1 Å². The topological polar surface area (TPSA) is 50.7 Å². The van der Waals surface area contributed by atoms with E-state index in [4.69, 9.17) is 0 Å². The summed E-state index contributed by atoms with van der Waals surface area (Å²) < 4.78 is 0. The van der Waals surface area contributed by atoms with E-state index in [1.807, 2.05) is 25.3 Å². The van der Waals surface area contributed by atoms with Gasteiger partial charge in [-0.05, 0) is 36.1 Å². The maximum atomic E-state index is 4.43. The molecule has 0 bridgehead atoms. The molecule has 4 heteroatoms. The van der Waals surface area contributed by atoms with E-state index in [0.29, 0.717) is 0 Å². The van der Waals surface area contributed by atoms with Crippen LogP contribution in [0.1, 0.15) is 24.0 Å². The molecule has 3 rings (SSSR count). The molecule has 1 aromatic carbocycles. The second-order valence-corrected chi connectivity index (χ2v) is 5.44. The summed E-state index contributed by atoms with van der Waals surface area (Å²) in [6.45, 7) is 4.77. The van der Waals surface area contributed by atoms with E-state index in [-0.39, 0.29) is 0 Å². The van der Waals surface area contributed by atoms with Gasteiger partial charge in [-0.2, -0.15) is 0 Å². The molecule has 23 heavy (non-hydrogen) atoms. The molecule has 0 spiro atoms. The van der Waals surface area contributed by atoms with Crippen molar-refractivity contribution in [2.45, 2.75) is 26.8 Å². The summed E-state index contributed by atoms with van der Waals surface area (Å²) in [4.78, 5) is 13.0. The van der Waals surface area contributed by atoms with Crippen molar-refractivity contribution in [3.8, 4) is 11.1 Å². The molecule has 0 aliphatic carbocycles. The summed E-state index contributed by atoms with van der Waals surface area (Å²) in [5.41, 5.74) is 4.58. The third-order valence-electron chi connectivity index (χ3n) is 3.68. The summed E-state index contributed by atoms with van der Waals surface area (Å²) in [7, 11) is 0. The van der Waals surface area contributed by atoms with Crippen LogP contribution < -0.4 is 5.32 Å². The van der Waals surface area contributed by atoms with Gasteiger partial charge in [0, 0.05) is 30.7 Å². The zero-order chi connectivity index (χ0) is 16.1. The van der Waals surface area contributed by atoms with Crippen LogP contribution >= 0.6 is 0 Å². The number of nitrogens with one attached hydrogen (secondary N) is 1. The molecule has 0 radical (unpaired) electrons. The Balaban J connectivity index is 1.68. The van der Waals surface area contributed by atoms with E-state index in [1.165, 1.54) is 11.1 Å². The van der Waals surface area contributed by atoms with Crippen LogP contribution in [0.2, 0.25) is 0 Å². The number of aromatic nitrogens is 3. The van der Waals surface area contributed by atoms with Crippen molar-refractivity contribution in [3.05, 3.63) is 71.9 Å². The van der Waals surface area contributed by atoms with Gasteiger partial charge in [-0.15, -0.1) is 0 Å². The first kappa shape index (κ1) is 15.2. The monoisotopic (exact) mass is 304 g/mol. The second-order valence-electron chi connectivity index (χ2n) is 5.44. The SMILES string of the molecule is CCc1cc(NCc2ccc(-c3cccnc3)cc2)nc(C)n1. The minimum Gasteiger partial charge on any atom is -0.366 e. The smallest absolute Gasteiger partial charge is 0.130 e. The number of benzene rings is 1. The number of hydrogen-bond acceptors (Lipinski definition) is 4. The third-order valence-corrected chi connectivity index (χ3v) is 3.68. The summed E-state index contributed by atoms with van der Waals surface area (Å²) in [6, 6.07) is 14.5. The molecule has 4 nitrogen and oxygen atoms in total. The van der Waals surface area contributed by atoms with Gasteiger partial charge < -0.3 is 5.32 Å². The highest BCUT2D eigenvalue weighted by Gasteiger charge is 2.02. The molecular formula is C19H20N4. The van der Waals surface area contributed by atoms with Crippen LogP contribution in [0.5, 0.6) is 0 Å². The summed E-state index contributed by atoms with van der Waals surface area (Å²) in [5, 5.41) is 3.37. The number of hydrogen-bond donors (Lipinski definition) is 1. The summed E-state index contributed by atoms with van der Waals surface area (Å²) >= 11 is 0. The zero-order valence-electron chi connectivity index (χ0n) is 13.5. The Morgan fingerprint density at radius 2 is 1.83 bits per heavy atom. The van der Waals surface area contributed by atoms with Crippen molar-refractivity contribution in [1.82, 2.24) is 15.0 Å². The molecule has 0 atom stereocenters. The Labute approximate surface area is 136 Å². The minimum absolute atomic E-state index is 0.743. The van der Waals surface area contributed by atoms with E-state index in [9.17, 15) is 0 Å². The average molecular weight is 304 g/mol. The fraction of sp³-hybridized carbons (Fsp3) is 0.211. The van der Waals surface area contributed by atoms with E-state index in [1.54, 1.807) is 6.20 Å². The normalized spacial score (nSPS) is 10.5. The molecule has 0 unspecified atom stereocenters. The predicted molar refractivity (Wildman–Crippen MR) is 93.1 cm³/mol. The lowest BCUT2D eigenvalue weighted by Gasteiger charge is -2.09. The van der Waals surface area contributed by atoms with Gasteiger partial charge in [-0.1, -0.05) is 37.3 Å². The van der Waals surface area contributed by atoms with Crippen molar-refractivity contribution in [3.63, 3.8) is 0 Å². The number of anilines is 1. The van der Waals surface area contributed by atoms with Gasteiger partial charge in [0.25, 0.3) is 0 Å². The molecule has 0 aliphatic rings. The van der Waals surface area contributed by atoms with E-state index in [2.05, 4.69) is 57.5 Å². The van der Waals surface area contributed by atoms with Crippen molar-refractivity contribution >= 4 is 5.82 Å². The fourth-order valence-electron chi connectivity index (χ4n) is 2.44. The predicted octanol–water partition coefficient (Wildman–Crippen LogP) is 4.02. The maximum Gasteiger partial charge on any atom is 0.130 e. The molecule has 0 aliphatic heterocycles. The lowest BCUT2D eigenvalue weighted by molar-refractivity contribution is 0.941. The highest BCUT2D eigenvalue weighted by Crippen LogP contribution is 2.19. The van der Waals surface area contributed by atoms with Crippen molar-refractivity contribution < 1.29 is 0 Å². The zero-order valence-corrected chi connectivity index (χ0v) is 13.5. The van der Waals surface area contributed by atoms with Gasteiger partial charge in [0.05, 0.1) is 0 Å². The van der Waals surface area contributed by atoms with Gasteiger partial charge >= 0.3 is 0 Å². The number of aryl methyl sites for hydroxylation is 2. The molecule has 116 valence electrons. The van der Waals surface area contributed by atoms with E-state index < -0.39 is 0 Å². The molecular weight excluding hydrogens is 284 g/mol. The van der Waals surface area contributed by atoms with E-state index >= 15 is 0 Å². The first-order valence-corrected chi connectivity index (χ1v) is 7.82. The lowest BCUT2D eigenvalue weighted by Crippen LogP contribution is -2.04. The molecule has 2 aromatic heterocycles. The van der Waals surface area contributed by atoms with Crippen LogP contribution in [0.3, 0.4) is 0 Å². The van der Waals surface area contributed by atoms with Crippen LogP contribution in [0, 0.1) is 6.92 Å². The molecule has 0 amide bonds. The Kier molecular flexibility index (Phi) is 4.62. The van der Waals surface area contributed by atoms with Crippen molar-refractivity contribution in [2.75, 3.05) is 5.32 Å². The molecule has 0 saturated carbocycles. The van der Waals surface area contributed by atoms with Gasteiger partial charge in [0.2, 0.25) is 0 Å². The molecule has 2 heterocycles. The number of nitrogens with zero attached hydrogens (tertiary/aromatic N) is 3.